The highest BCUT2D eigenvalue weighted by Gasteiger charge is 2.19. The number of aliphatic carboxylic acids is 1. The van der Waals surface area contributed by atoms with Gasteiger partial charge in [0.2, 0.25) is 5.91 Å². The monoisotopic (exact) mass is 314 g/mol. The lowest BCUT2D eigenvalue weighted by Gasteiger charge is -2.14. The van der Waals surface area contributed by atoms with Crippen molar-refractivity contribution in [1.82, 2.24) is 9.88 Å². The molecule has 0 aliphatic rings. The minimum Gasteiger partial charge on any atom is -0.480 e. The molecule has 0 spiro atoms. The van der Waals surface area contributed by atoms with Gasteiger partial charge in [-0.15, -0.1) is 0 Å². The first kappa shape index (κ1) is 17.4. The van der Waals surface area contributed by atoms with E-state index in [1.165, 1.54) is 0 Å². The maximum atomic E-state index is 11.8. The second-order valence-corrected chi connectivity index (χ2v) is 6.18. The van der Waals surface area contributed by atoms with Crippen LogP contribution in [0.1, 0.15) is 43.2 Å². The number of carboxylic acids is 1. The number of amides is 1. The molecule has 21 heavy (non-hydrogen) atoms. The highest BCUT2D eigenvalue weighted by Crippen LogP contribution is 2.10. The molecule has 1 rings (SSSR count). The lowest BCUT2D eigenvalue weighted by Crippen LogP contribution is -2.41. The number of carbonyl (C=O) groups excluding carboxylic acids is 1. The Labute approximate surface area is 127 Å². The molecule has 0 fully saturated rings. The van der Waals surface area contributed by atoms with Gasteiger partial charge >= 0.3 is 10.8 Å². The van der Waals surface area contributed by atoms with Gasteiger partial charge in [-0.05, 0) is 20.3 Å². The number of unbranched alkanes of at least 4 members (excludes halogenated alkanes) is 1. The molecule has 0 saturated heterocycles. The third-order valence-corrected chi connectivity index (χ3v) is 4.41. The first-order valence-corrected chi connectivity index (χ1v) is 7.87. The molecule has 118 valence electrons. The largest absolute Gasteiger partial charge is 0.480 e. The fraction of sp³-hybridized carbons (Fsp3) is 0.643. The van der Waals surface area contributed by atoms with Gasteiger partial charge in [0.15, 0.2) is 0 Å². The summed E-state index contributed by atoms with van der Waals surface area (Å²) in [7, 11) is 0. The van der Waals surface area contributed by atoms with E-state index < -0.39 is 12.0 Å². The Kier molecular flexibility index (Phi) is 6.61. The van der Waals surface area contributed by atoms with E-state index in [1.807, 2.05) is 20.8 Å². The van der Waals surface area contributed by atoms with Crippen LogP contribution in [0.25, 0.3) is 0 Å². The summed E-state index contributed by atoms with van der Waals surface area (Å²) < 4.78 is 1.56. The molecule has 1 aromatic rings. The zero-order valence-electron chi connectivity index (χ0n) is 12.6. The summed E-state index contributed by atoms with van der Waals surface area (Å²) in [4.78, 5) is 35.4. The zero-order chi connectivity index (χ0) is 16.0. The van der Waals surface area contributed by atoms with E-state index in [-0.39, 0.29) is 23.7 Å². The molecule has 1 heterocycles. The van der Waals surface area contributed by atoms with Gasteiger partial charge in [0.25, 0.3) is 0 Å². The Morgan fingerprint density at radius 2 is 2.05 bits per heavy atom. The van der Waals surface area contributed by atoms with Crippen LogP contribution in [0.3, 0.4) is 0 Å². The second kappa shape index (κ2) is 7.97. The number of hydrogen-bond donors (Lipinski definition) is 2. The minimum atomic E-state index is -1.02. The Bertz CT molecular complexity index is 562. The Hall–Kier alpha value is -1.63. The first-order chi connectivity index (χ1) is 9.86. The Balaban J connectivity index is 2.56. The van der Waals surface area contributed by atoms with Gasteiger partial charge in [-0.1, -0.05) is 31.1 Å². The average molecular weight is 314 g/mol. The summed E-state index contributed by atoms with van der Waals surface area (Å²) in [5, 5.41) is 11.6. The molecular weight excluding hydrogens is 292 g/mol. The average Bonchev–Trinajstić information content (AvgIpc) is 2.66. The molecule has 0 saturated carbocycles. The third kappa shape index (κ3) is 5.00. The molecule has 6 nitrogen and oxygen atoms in total. The molecule has 0 radical (unpaired) electrons. The molecule has 1 atom stereocenters. The van der Waals surface area contributed by atoms with E-state index in [0.717, 1.165) is 34.7 Å². The second-order valence-electron chi connectivity index (χ2n) is 5.01. The van der Waals surface area contributed by atoms with E-state index >= 15 is 0 Å². The number of thiazole rings is 1. The van der Waals surface area contributed by atoms with E-state index in [1.54, 1.807) is 4.57 Å². The van der Waals surface area contributed by atoms with Gasteiger partial charge in [0.1, 0.15) is 6.04 Å². The number of nitrogens with zero attached hydrogens (tertiary/aromatic N) is 1. The quantitative estimate of drug-likeness (QED) is 0.764. The predicted molar refractivity (Wildman–Crippen MR) is 81.8 cm³/mol. The van der Waals surface area contributed by atoms with Crippen LogP contribution in [0.2, 0.25) is 0 Å². The van der Waals surface area contributed by atoms with E-state index in [2.05, 4.69) is 5.32 Å². The fourth-order valence-corrected chi connectivity index (χ4v) is 2.85. The molecule has 1 amide bonds. The number of nitrogens with one attached hydrogen (secondary N) is 1. The van der Waals surface area contributed by atoms with Crippen molar-refractivity contribution in [2.75, 3.05) is 0 Å². The van der Waals surface area contributed by atoms with Crippen LogP contribution < -0.4 is 10.2 Å². The van der Waals surface area contributed by atoms with Crippen molar-refractivity contribution >= 4 is 23.2 Å². The molecule has 0 aliphatic carbocycles. The van der Waals surface area contributed by atoms with Crippen molar-refractivity contribution in [3.63, 3.8) is 0 Å². The van der Waals surface area contributed by atoms with E-state index in [9.17, 15) is 14.4 Å². The van der Waals surface area contributed by atoms with Crippen LogP contribution in [-0.4, -0.2) is 27.6 Å². The van der Waals surface area contributed by atoms with Gasteiger partial charge in [0, 0.05) is 23.5 Å². The fourth-order valence-electron chi connectivity index (χ4n) is 1.99. The van der Waals surface area contributed by atoms with Crippen molar-refractivity contribution in [3.8, 4) is 0 Å². The standard InChI is InChI=1S/C14H22N2O4S/c1-4-5-6-11(13(18)19)15-12(17)7-8-16-9(2)10(3)21-14(16)20/h11H,4-8H2,1-3H3,(H,15,17)(H,18,19). The van der Waals surface area contributed by atoms with Gasteiger partial charge in [-0.25, -0.2) is 4.79 Å². The molecule has 1 unspecified atom stereocenters. The van der Waals surface area contributed by atoms with Crippen molar-refractivity contribution in [2.45, 2.75) is 59.0 Å². The van der Waals surface area contributed by atoms with E-state index in [4.69, 9.17) is 5.11 Å². The number of carboxylic acid groups (broad SMARTS) is 1. The number of carbonyl (C=O) groups is 2. The molecule has 7 heteroatoms. The molecular formula is C14H22N2O4S. The smallest absolute Gasteiger partial charge is 0.326 e. The van der Waals surface area contributed by atoms with Crippen molar-refractivity contribution in [3.05, 3.63) is 20.2 Å². The van der Waals surface area contributed by atoms with Crippen LogP contribution in [0.5, 0.6) is 0 Å². The topological polar surface area (TPSA) is 88.4 Å². The number of hydrogen-bond acceptors (Lipinski definition) is 4. The third-order valence-electron chi connectivity index (χ3n) is 3.42. The van der Waals surface area contributed by atoms with Gasteiger partial charge in [-0.2, -0.15) is 0 Å². The highest BCUT2D eigenvalue weighted by molar-refractivity contribution is 7.09. The van der Waals surface area contributed by atoms with E-state index in [0.29, 0.717) is 6.42 Å². The summed E-state index contributed by atoms with van der Waals surface area (Å²) in [6.07, 6.45) is 2.16. The molecule has 0 aromatic carbocycles. The molecule has 1 aromatic heterocycles. The summed E-state index contributed by atoms with van der Waals surface area (Å²) in [6, 6.07) is -0.848. The molecule has 0 bridgehead atoms. The highest BCUT2D eigenvalue weighted by atomic mass is 32.1. The summed E-state index contributed by atoms with van der Waals surface area (Å²) >= 11 is 1.16. The number of aryl methyl sites for hydroxylation is 1. The SMILES string of the molecule is CCCCC(NC(=O)CCn1c(C)c(C)sc1=O)C(=O)O. The van der Waals surface area contributed by atoms with Crippen LogP contribution >= 0.6 is 11.3 Å². The maximum Gasteiger partial charge on any atom is 0.326 e. The summed E-state index contributed by atoms with van der Waals surface area (Å²) in [5.74, 6) is -1.36. The van der Waals surface area contributed by atoms with Crippen LogP contribution in [0.4, 0.5) is 0 Å². The Morgan fingerprint density at radius 3 is 2.52 bits per heavy atom. The predicted octanol–water partition coefficient (Wildman–Crippen LogP) is 1.68. The summed E-state index contributed by atoms with van der Waals surface area (Å²) in [6.45, 7) is 5.95. The van der Waals surface area contributed by atoms with Gasteiger partial charge in [0.05, 0.1) is 0 Å². The summed E-state index contributed by atoms with van der Waals surface area (Å²) in [5.41, 5.74) is 0.860. The molecule has 0 aliphatic heterocycles. The zero-order valence-corrected chi connectivity index (χ0v) is 13.5. The van der Waals surface area contributed by atoms with Crippen molar-refractivity contribution in [1.29, 1.82) is 0 Å². The lowest BCUT2D eigenvalue weighted by atomic mass is 10.1. The van der Waals surface area contributed by atoms with Crippen LogP contribution in [0.15, 0.2) is 4.79 Å². The molecule has 2 N–H and O–H groups in total. The number of aromatic nitrogens is 1. The van der Waals surface area contributed by atoms with Gasteiger partial charge < -0.3 is 15.0 Å². The lowest BCUT2D eigenvalue weighted by molar-refractivity contribution is -0.142. The van der Waals surface area contributed by atoms with Crippen LogP contribution in [0, 0.1) is 13.8 Å². The number of rotatable bonds is 8. The maximum absolute atomic E-state index is 11.8. The van der Waals surface area contributed by atoms with Crippen molar-refractivity contribution < 1.29 is 14.7 Å². The normalized spacial score (nSPS) is 12.1. The van der Waals surface area contributed by atoms with Crippen molar-refractivity contribution in [2.24, 2.45) is 0 Å². The first-order valence-electron chi connectivity index (χ1n) is 7.05. The Morgan fingerprint density at radius 1 is 1.38 bits per heavy atom. The van der Waals surface area contributed by atoms with Crippen LogP contribution in [-0.2, 0) is 16.1 Å². The van der Waals surface area contributed by atoms with Gasteiger partial charge in [-0.3, -0.25) is 9.59 Å². The minimum absolute atomic E-state index is 0.0847.